The van der Waals surface area contributed by atoms with Gasteiger partial charge in [-0.3, -0.25) is 4.79 Å². The molecule has 1 aliphatic rings. The average Bonchev–Trinajstić information content (AvgIpc) is 3.20. The van der Waals surface area contributed by atoms with Gasteiger partial charge in [-0.1, -0.05) is 18.7 Å². The quantitative estimate of drug-likeness (QED) is 0.627. The van der Waals surface area contributed by atoms with Gasteiger partial charge in [-0.05, 0) is 71.4 Å². The second-order valence-corrected chi connectivity index (χ2v) is 10.4. The number of aryl methyl sites for hydroxylation is 1. The van der Waals surface area contributed by atoms with Gasteiger partial charge in [0.2, 0.25) is 5.91 Å². The molecule has 2 aromatic rings. The van der Waals surface area contributed by atoms with E-state index in [0.29, 0.717) is 11.1 Å². The van der Waals surface area contributed by atoms with Gasteiger partial charge in [0, 0.05) is 17.0 Å². The maximum absolute atomic E-state index is 12.8. The minimum atomic E-state index is -0.263. The average molecular weight is 408 g/mol. The van der Waals surface area contributed by atoms with Gasteiger partial charge in [-0.2, -0.15) is 0 Å². The molecule has 0 aromatic carbocycles. The van der Waals surface area contributed by atoms with Crippen molar-refractivity contribution in [2.75, 3.05) is 0 Å². The molecule has 5 nitrogen and oxygen atoms in total. The first-order chi connectivity index (χ1) is 12.8. The fourth-order valence-corrected chi connectivity index (χ4v) is 5.55. The molecule has 2 heterocycles. The number of fused-ring (bicyclic) bond motifs is 1. The van der Waals surface area contributed by atoms with Crippen molar-refractivity contribution in [1.82, 2.24) is 15.1 Å². The van der Waals surface area contributed by atoms with Gasteiger partial charge < -0.3 is 9.32 Å². The number of hydrogen-bond donors (Lipinski definition) is 0. The lowest BCUT2D eigenvalue weighted by molar-refractivity contribution is -0.133. The Kier molecular flexibility index (Phi) is 6.31. The summed E-state index contributed by atoms with van der Waals surface area (Å²) in [6.45, 7) is 12.4. The van der Waals surface area contributed by atoms with Gasteiger partial charge in [0.1, 0.15) is 0 Å². The van der Waals surface area contributed by atoms with E-state index in [0.717, 1.165) is 23.6 Å². The van der Waals surface area contributed by atoms with E-state index in [9.17, 15) is 4.79 Å². The van der Waals surface area contributed by atoms with Crippen molar-refractivity contribution in [2.24, 2.45) is 5.92 Å². The van der Waals surface area contributed by atoms with Crippen LogP contribution in [0.5, 0.6) is 0 Å². The second kappa shape index (κ2) is 8.35. The van der Waals surface area contributed by atoms with Crippen molar-refractivity contribution >= 4 is 29.0 Å². The molecule has 27 heavy (non-hydrogen) atoms. The molecule has 0 radical (unpaired) electrons. The first-order valence-electron chi connectivity index (χ1n) is 9.70. The summed E-state index contributed by atoms with van der Waals surface area (Å²) in [7, 11) is 0. The smallest absolute Gasteiger partial charge is 0.277 e. The van der Waals surface area contributed by atoms with Crippen LogP contribution in [-0.4, -0.2) is 38.3 Å². The number of thioether (sulfide) groups is 1. The van der Waals surface area contributed by atoms with E-state index < -0.39 is 0 Å². The van der Waals surface area contributed by atoms with Crippen molar-refractivity contribution in [1.29, 1.82) is 0 Å². The molecule has 0 saturated carbocycles. The molecule has 0 N–H and O–H groups in total. The third-order valence-electron chi connectivity index (χ3n) is 4.94. The molecule has 0 unspecified atom stereocenters. The summed E-state index contributed by atoms with van der Waals surface area (Å²) in [6, 6.07) is 2.53. The lowest BCUT2D eigenvalue weighted by Crippen LogP contribution is -2.45. The van der Waals surface area contributed by atoms with Crippen molar-refractivity contribution in [2.45, 2.75) is 83.4 Å². The Morgan fingerprint density at radius 3 is 2.63 bits per heavy atom. The van der Waals surface area contributed by atoms with Crippen LogP contribution in [0.3, 0.4) is 0 Å². The molecule has 1 aliphatic carbocycles. The Labute approximate surface area is 169 Å². The van der Waals surface area contributed by atoms with E-state index in [2.05, 4.69) is 23.2 Å². The summed E-state index contributed by atoms with van der Waals surface area (Å²) >= 11 is 3.10. The summed E-state index contributed by atoms with van der Waals surface area (Å²) in [5, 5.41) is 8.58. The van der Waals surface area contributed by atoms with Crippen molar-refractivity contribution in [3.63, 3.8) is 0 Å². The molecular formula is C20H29N3O2S2. The van der Waals surface area contributed by atoms with E-state index in [1.165, 1.54) is 28.6 Å². The van der Waals surface area contributed by atoms with Crippen LogP contribution >= 0.6 is 23.1 Å². The highest BCUT2D eigenvalue weighted by molar-refractivity contribution is 8.00. The van der Waals surface area contributed by atoms with Crippen molar-refractivity contribution in [3.8, 4) is 10.8 Å². The molecule has 0 aliphatic heterocycles. The van der Waals surface area contributed by atoms with Gasteiger partial charge in [0.25, 0.3) is 11.1 Å². The molecule has 0 bridgehead atoms. The molecule has 2 aromatic heterocycles. The third-order valence-corrected chi connectivity index (χ3v) is 7.09. The standard InChI is InChI=1S/C20H29N3O2S2/c1-11(2)23(12(3)4)19(24)14(6)26-20-22-21-18(25-20)17-10-15-9-13(5)7-8-16(15)27-17/h10-14H,7-9H2,1-6H3/t13-,14-/m1/s1. The number of carbonyl (C=O) groups is 1. The Balaban J connectivity index is 1.70. The van der Waals surface area contributed by atoms with E-state index in [-0.39, 0.29) is 23.2 Å². The number of nitrogens with zero attached hydrogens (tertiary/aromatic N) is 3. The van der Waals surface area contributed by atoms with E-state index in [4.69, 9.17) is 4.42 Å². The minimum Gasteiger partial charge on any atom is -0.410 e. The predicted octanol–water partition coefficient (Wildman–Crippen LogP) is 5.05. The second-order valence-electron chi connectivity index (χ2n) is 7.97. The Bertz CT molecular complexity index is 789. The molecule has 0 spiro atoms. The Morgan fingerprint density at radius 2 is 1.96 bits per heavy atom. The predicted molar refractivity (Wildman–Crippen MR) is 111 cm³/mol. The van der Waals surface area contributed by atoms with Crippen LogP contribution in [0, 0.1) is 5.92 Å². The van der Waals surface area contributed by atoms with Crippen LogP contribution in [0.15, 0.2) is 15.7 Å². The molecule has 148 valence electrons. The number of thiophene rings is 1. The number of carbonyl (C=O) groups excluding carboxylic acids is 1. The van der Waals surface area contributed by atoms with Crippen LogP contribution < -0.4 is 0 Å². The number of hydrogen-bond acceptors (Lipinski definition) is 6. The SMILES string of the molecule is CC(C)N(C(=O)[C@@H](C)Sc1nnc(-c2cc3c(s2)CC[C@@H](C)C3)o1)C(C)C. The minimum absolute atomic E-state index is 0.102. The van der Waals surface area contributed by atoms with Gasteiger partial charge in [0.15, 0.2) is 0 Å². The van der Waals surface area contributed by atoms with Gasteiger partial charge in [-0.15, -0.1) is 21.5 Å². The molecule has 2 atom stereocenters. The summed E-state index contributed by atoms with van der Waals surface area (Å²) < 4.78 is 5.88. The fraction of sp³-hybridized carbons (Fsp3) is 0.650. The highest BCUT2D eigenvalue weighted by atomic mass is 32.2. The normalized spacial score (nSPS) is 18.0. The molecule has 0 fully saturated rings. The van der Waals surface area contributed by atoms with E-state index >= 15 is 0 Å². The highest BCUT2D eigenvalue weighted by Crippen LogP contribution is 2.37. The largest absolute Gasteiger partial charge is 0.410 e. The molecule has 1 amide bonds. The van der Waals surface area contributed by atoms with Crippen LogP contribution in [0.2, 0.25) is 0 Å². The van der Waals surface area contributed by atoms with E-state index in [1.54, 1.807) is 11.3 Å². The van der Waals surface area contributed by atoms with Crippen molar-refractivity contribution in [3.05, 3.63) is 16.5 Å². The Hall–Kier alpha value is -1.34. The van der Waals surface area contributed by atoms with E-state index in [1.807, 2.05) is 39.5 Å². The van der Waals surface area contributed by atoms with Crippen LogP contribution in [0.25, 0.3) is 10.8 Å². The summed E-state index contributed by atoms with van der Waals surface area (Å²) in [5.74, 6) is 1.41. The zero-order valence-corrected chi connectivity index (χ0v) is 18.6. The summed E-state index contributed by atoms with van der Waals surface area (Å²) in [5.41, 5.74) is 1.43. The molecular weight excluding hydrogens is 378 g/mol. The molecule has 3 rings (SSSR count). The van der Waals surface area contributed by atoms with Crippen LogP contribution in [0.1, 0.15) is 58.4 Å². The first kappa shape index (κ1) is 20.4. The maximum Gasteiger partial charge on any atom is 0.277 e. The zero-order valence-electron chi connectivity index (χ0n) is 17.0. The topological polar surface area (TPSA) is 59.2 Å². The van der Waals surface area contributed by atoms with Crippen LogP contribution in [0.4, 0.5) is 0 Å². The summed E-state index contributed by atoms with van der Waals surface area (Å²) in [6.07, 6.45) is 3.52. The van der Waals surface area contributed by atoms with Gasteiger partial charge >= 0.3 is 0 Å². The maximum atomic E-state index is 12.8. The monoisotopic (exact) mass is 407 g/mol. The molecule has 7 heteroatoms. The zero-order chi connectivity index (χ0) is 19.7. The van der Waals surface area contributed by atoms with Gasteiger partial charge in [-0.25, -0.2) is 0 Å². The fourth-order valence-electron chi connectivity index (χ4n) is 3.68. The number of rotatable bonds is 6. The lowest BCUT2D eigenvalue weighted by Gasteiger charge is -2.32. The highest BCUT2D eigenvalue weighted by Gasteiger charge is 2.28. The van der Waals surface area contributed by atoms with Crippen molar-refractivity contribution < 1.29 is 9.21 Å². The Morgan fingerprint density at radius 1 is 1.26 bits per heavy atom. The molecule has 0 saturated heterocycles. The lowest BCUT2D eigenvalue weighted by atomic mass is 9.90. The first-order valence-corrected chi connectivity index (χ1v) is 11.4. The van der Waals surface area contributed by atoms with Gasteiger partial charge in [0.05, 0.1) is 10.1 Å². The number of aromatic nitrogens is 2. The third kappa shape index (κ3) is 4.57. The number of amides is 1. The van der Waals surface area contributed by atoms with Crippen LogP contribution in [-0.2, 0) is 17.6 Å². The summed E-state index contributed by atoms with van der Waals surface area (Å²) in [4.78, 5) is 17.2.